The predicted molar refractivity (Wildman–Crippen MR) is 70.3 cm³/mol. The van der Waals surface area contributed by atoms with Crippen LogP contribution in [0.5, 0.6) is 0 Å². The fraction of sp³-hybridized carbons (Fsp3) is 0.533. The van der Waals surface area contributed by atoms with Crippen LogP contribution in [-0.2, 0) is 0 Å². The fourth-order valence-corrected chi connectivity index (χ4v) is 2.38. The molecule has 0 saturated heterocycles. The van der Waals surface area contributed by atoms with Crippen LogP contribution in [0.3, 0.4) is 0 Å². The van der Waals surface area contributed by atoms with Crippen LogP contribution in [0.2, 0.25) is 0 Å². The summed E-state index contributed by atoms with van der Waals surface area (Å²) >= 11 is 0. The lowest BCUT2D eigenvalue weighted by molar-refractivity contribution is 0.0938. The van der Waals surface area contributed by atoms with Crippen LogP contribution in [0.4, 0.5) is 0 Å². The second-order valence-corrected chi connectivity index (χ2v) is 5.24. The first-order valence-electron chi connectivity index (χ1n) is 6.57. The van der Waals surface area contributed by atoms with Crippen LogP contribution >= 0.6 is 0 Å². The smallest absolute Gasteiger partial charge is 0.251 e. The molecule has 0 atom stereocenters. The molecule has 0 bridgehead atoms. The highest BCUT2D eigenvalue weighted by Gasteiger charge is 2.18. The molecule has 1 aromatic rings. The molecule has 0 unspecified atom stereocenters. The molecular formula is C15H21NO. The van der Waals surface area contributed by atoms with E-state index in [1.807, 2.05) is 18.2 Å². The summed E-state index contributed by atoms with van der Waals surface area (Å²) in [6, 6.07) is 8.35. The highest BCUT2D eigenvalue weighted by molar-refractivity contribution is 5.94. The van der Waals surface area contributed by atoms with Crippen molar-refractivity contribution in [2.24, 2.45) is 0 Å². The van der Waals surface area contributed by atoms with Gasteiger partial charge in [0.1, 0.15) is 0 Å². The molecule has 0 aliphatic heterocycles. The van der Waals surface area contributed by atoms with Gasteiger partial charge in [0.05, 0.1) is 0 Å². The Bertz CT molecular complexity index is 392. The lowest BCUT2D eigenvalue weighted by Gasteiger charge is -2.13. The third-order valence-corrected chi connectivity index (χ3v) is 3.51. The van der Waals surface area contributed by atoms with Crippen molar-refractivity contribution in [1.29, 1.82) is 0 Å². The first kappa shape index (κ1) is 12.2. The molecule has 1 aliphatic rings. The maximum atomic E-state index is 12.1. The minimum absolute atomic E-state index is 0.0828. The third kappa shape index (κ3) is 3.09. The van der Waals surface area contributed by atoms with E-state index in [-0.39, 0.29) is 5.91 Å². The molecule has 92 valence electrons. The molecule has 1 aliphatic carbocycles. The summed E-state index contributed by atoms with van der Waals surface area (Å²) in [6.07, 6.45) is 4.76. The Kier molecular flexibility index (Phi) is 3.82. The predicted octanol–water partition coefficient (Wildman–Crippen LogP) is 3.48. The number of carbonyl (C=O) groups excluding carboxylic acids is 1. The van der Waals surface area contributed by atoms with Crippen molar-refractivity contribution in [2.45, 2.75) is 51.5 Å². The normalized spacial score (nSPS) is 16.4. The maximum absolute atomic E-state index is 12.1. The second-order valence-electron chi connectivity index (χ2n) is 5.24. The van der Waals surface area contributed by atoms with E-state index in [9.17, 15) is 4.79 Å². The van der Waals surface area contributed by atoms with Crippen molar-refractivity contribution < 1.29 is 4.79 Å². The van der Waals surface area contributed by atoms with Gasteiger partial charge in [-0.2, -0.15) is 0 Å². The van der Waals surface area contributed by atoms with Gasteiger partial charge in [-0.25, -0.2) is 0 Å². The molecule has 0 heterocycles. The summed E-state index contributed by atoms with van der Waals surface area (Å²) in [5, 5.41) is 3.12. The average molecular weight is 231 g/mol. The molecule has 0 radical (unpaired) electrons. The van der Waals surface area contributed by atoms with Gasteiger partial charge in [0.15, 0.2) is 0 Å². The van der Waals surface area contributed by atoms with Crippen molar-refractivity contribution in [3.8, 4) is 0 Å². The zero-order chi connectivity index (χ0) is 12.3. The minimum Gasteiger partial charge on any atom is -0.349 e. The van der Waals surface area contributed by atoms with E-state index >= 15 is 0 Å². The molecule has 1 amide bonds. The molecule has 17 heavy (non-hydrogen) atoms. The van der Waals surface area contributed by atoms with Crippen LogP contribution < -0.4 is 5.32 Å². The van der Waals surface area contributed by atoms with Gasteiger partial charge in [-0.3, -0.25) is 4.79 Å². The third-order valence-electron chi connectivity index (χ3n) is 3.51. The fourth-order valence-electron chi connectivity index (χ4n) is 2.38. The number of benzene rings is 1. The topological polar surface area (TPSA) is 29.1 Å². The van der Waals surface area contributed by atoms with Gasteiger partial charge in [-0.15, -0.1) is 0 Å². The highest BCUT2D eigenvalue weighted by atomic mass is 16.1. The summed E-state index contributed by atoms with van der Waals surface area (Å²) in [5.74, 6) is 0.550. The van der Waals surface area contributed by atoms with E-state index in [1.165, 1.54) is 18.4 Å². The summed E-state index contributed by atoms with van der Waals surface area (Å²) in [6.45, 7) is 4.29. The van der Waals surface area contributed by atoms with Crippen LogP contribution in [0, 0.1) is 0 Å². The summed E-state index contributed by atoms with van der Waals surface area (Å²) in [7, 11) is 0. The van der Waals surface area contributed by atoms with Crippen LogP contribution in [0.1, 0.15) is 61.4 Å². The van der Waals surface area contributed by atoms with Crippen LogP contribution in [0.15, 0.2) is 24.3 Å². The molecule has 0 aromatic heterocycles. The summed E-state index contributed by atoms with van der Waals surface area (Å²) in [4.78, 5) is 12.1. The van der Waals surface area contributed by atoms with Crippen molar-refractivity contribution in [1.82, 2.24) is 5.32 Å². The van der Waals surface area contributed by atoms with Gasteiger partial charge in [0, 0.05) is 11.6 Å². The van der Waals surface area contributed by atoms with Gasteiger partial charge < -0.3 is 5.32 Å². The van der Waals surface area contributed by atoms with Gasteiger partial charge in [0.25, 0.3) is 5.91 Å². The molecule has 0 spiro atoms. The van der Waals surface area contributed by atoms with Gasteiger partial charge in [-0.1, -0.05) is 38.8 Å². The van der Waals surface area contributed by atoms with E-state index in [4.69, 9.17) is 0 Å². The molecule has 2 nitrogen and oxygen atoms in total. The Hall–Kier alpha value is -1.31. The first-order chi connectivity index (χ1) is 8.16. The summed E-state index contributed by atoms with van der Waals surface area (Å²) < 4.78 is 0. The molecule has 1 N–H and O–H groups in total. The molecule has 2 rings (SSSR count). The Morgan fingerprint density at radius 3 is 2.65 bits per heavy atom. The monoisotopic (exact) mass is 231 g/mol. The Morgan fingerprint density at radius 2 is 2.00 bits per heavy atom. The van der Waals surface area contributed by atoms with Crippen LogP contribution in [-0.4, -0.2) is 11.9 Å². The van der Waals surface area contributed by atoms with Gasteiger partial charge in [-0.05, 0) is 36.5 Å². The average Bonchev–Trinajstić information content (AvgIpc) is 2.82. The maximum Gasteiger partial charge on any atom is 0.251 e. The number of nitrogens with one attached hydrogen (secondary N) is 1. The Morgan fingerprint density at radius 1 is 1.29 bits per heavy atom. The number of rotatable bonds is 3. The van der Waals surface area contributed by atoms with Crippen molar-refractivity contribution in [3.05, 3.63) is 35.4 Å². The Balaban J connectivity index is 2.05. The van der Waals surface area contributed by atoms with Crippen molar-refractivity contribution in [3.63, 3.8) is 0 Å². The molecule has 1 aromatic carbocycles. The lowest BCUT2D eigenvalue weighted by Crippen LogP contribution is -2.32. The van der Waals surface area contributed by atoms with E-state index in [0.717, 1.165) is 18.4 Å². The quantitative estimate of drug-likeness (QED) is 0.847. The van der Waals surface area contributed by atoms with Gasteiger partial charge >= 0.3 is 0 Å². The second kappa shape index (κ2) is 5.35. The highest BCUT2D eigenvalue weighted by Crippen LogP contribution is 2.19. The first-order valence-corrected chi connectivity index (χ1v) is 6.57. The Labute approximate surface area is 103 Å². The van der Waals surface area contributed by atoms with Crippen molar-refractivity contribution >= 4 is 5.91 Å². The summed E-state index contributed by atoms with van der Waals surface area (Å²) in [5.41, 5.74) is 2.02. The zero-order valence-corrected chi connectivity index (χ0v) is 10.7. The van der Waals surface area contributed by atoms with Crippen molar-refractivity contribution in [2.75, 3.05) is 0 Å². The minimum atomic E-state index is 0.0828. The molecule has 1 fully saturated rings. The SMILES string of the molecule is CC(C)c1cccc(C(=O)NC2CCCC2)c1. The van der Waals surface area contributed by atoms with E-state index in [2.05, 4.69) is 25.2 Å². The van der Waals surface area contributed by atoms with E-state index in [1.54, 1.807) is 0 Å². The van der Waals surface area contributed by atoms with Gasteiger partial charge in [0.2, 0.25) is 0 Å². The molecular weight excluding hydrogens is 210 g/mol. The van der Waals surface area contributed by atoms with E-state index < -0.39 is 0 Å². The molecule has 1 saturated carbocycles. The number of amides is 1. The molecule has 2 heteroatoms. The number of hydrogen-bond donors (Lipinski definition) is 1. The van der Waals surface area contributed by atoms with E-state index in [0.29, 0.717) is 12.0 Å². The number of carbonyl (C=O) groups is 1. The largest absolute Gasteiger partial charge is 0.349 e. The standard InChI is InChI=1S/C15H21NO/c1-11(2)12-6-5-7-13(10-12)15(17)16-14-8-3-4-9-14/h5-7,10-11,14H,3-4,8-9H2,1-2H3,(H,16,17). The lowest BCUT2D eigenvalue weighted by atomic mass is 10.0. The van der Waals surface area contributed by atoms with Crippen LogP contribution in [0.25, 0.3) is 0 Å². The zero-order valence-electron chi connectivity index (χ0n) is 10.7. The number of hydrogen-bond acceptors (Lipinski definition) is 1.